The van der Waals surface area contributed by atoms with E-state index in [1.54, 1.807) is 0 Å². The first kappa shape index (κ1) is 10.6. The quantitative estimate of drug-likeness (QED) is 0.719. The molecule has 0 N–H and O–H groups in total. The van der Waals surface area contributed by atoms with Crippen LogP contribution >= 0.6 is 0 Å². The van der Waals surface area contributed by atoms with E-state index < -0.39 is 0 Å². The predicted molar refractivity (Wildman–Crippen MR) is 72.1 cm³/mol. The molecule has 0 fully saturated rings. The highest BCUT2D eigenvalue weighted by Gasteiger charge is 2.31. The Hall–Kier alpha value is -1.57. The van der Waals surface area contributed by atoms with Gasteiger partial charge in [-0.05, 0) is 25.8 Å². The van der Waals surface area contributed by atoms with Gasteiger partial charge in [-0.25, -0.2) is 0 Å². The Kier molecular flexibility index (Phi) is 2.50. The van der Waals surface area contributed by atoms with E-state index in [9.17, 15) is 0 Å². The van der Waals surface area contributed by atoms with Gasteiger partial charge in [0.15, 0.2) is 0 Å². The molecule has 2 heteroatoms. The van der Waals surface area contributed by atoms with Crippen LogP contribution in [-0.4, -0.2) is 29.9 Å². The minimum absolute atomic E-state index is 0.601. The molecule has 0 aromatic heterocycles. The molecule has 1 aromatic rings. The third-order valence-corrected chi connectivity index (χ3v) is 3.72. The van der Waals surface area contributed by atoms with Crippen LogP contribution in [0.4, 0.5) is 0 Å². The molecular formula is C15H18N2. The molecule has 2 aliphatic heterocycles. The molecule has 0 saturated carbocycles. The molecule has 0 spiro atoms. The molecule has 0 radical (unpaired) electrons. The average Bonchev–Trinajstić information content (AvgIpc) is 2.79. The number of fused-ring (bicyclic) bond motifs is 1. The van der Waals surface area contributed by atoms with E-state index in [0.717, 1.165) is 19.5 Å². The van der Waals surface area contributed by atoms with E-state index in [4.69, 9.17) is 4.99 Å². The summed E-state index contributed by atoms with van der Waals surface area (Å²) in [6.07, 6.45) is 1.16. The van der Waals surface area contributed by atoms with Crippen LogP contribution in [0.1, 0.15) is 25.8 Å². The topological polar surface area (TPSA) is 15.6 Å². The maximum atomic E-state index is 4.70. The van der Waals surface area contributed by atoms with Crippen LogP contribution in [0.25, 0.3) is 5.57 Å². The fourth-order valence-electron chi connectivity index (χ4n) is 2.94. The van der Waals surface area contributed by atoms with Gasteiger partial charge in [0.1, 0.15) is 5.84 Å². The highest BCUT2D eigenvalue weighted by molar-refractivity contribution is 6.24. The van der Waals surface area contributed by atoms with Crippen LogP contribution in [0, 0.1) is 0 Å². The third-order valence-electron chi connectivity index (χ3n) is 3.72. The number of benzene rings is 1. The number of aliphatic imine (C=N–C) groups is 1. The van der Waals surface area contributed by atoms with Crippen molar-refractivity contribution in [3.63, 3.8) is 0 Å². The van der Waals surface area contributed by atoms with Gasteiger partial charge in [-0.2, -0.15) is 0 Å². The molecule has 17 heavy (non-hydrogen) atoms. The summed E-state index contributed by atoms with van der Waals surface area (Å²) in [5.41, 5.74) is 4.14. The fourth-order valence-corrected chi connectivity index (χ4v) is 2.94. The predicted octanol–water partition coefficient (Wildman–Crippen LogP) is 2.97. The van der Waals surface area contributed by atoms with E-state index in [0.29, 0.717) is 6.04 Å². The normalized spacial score (nSPS) is 23.8. The van der Waals surface area contributed by atoms with Crippen molar-refractivity contribution in [3.8, 4) is 0 Å². The summed E-state index contributed by atoms with van der Waals surface area (Å²) in [6.45, 7) is 6.58. The van der Waals surface area contributed by atoms with Crippen molar-refractivity contribution in [3.05, 3.63) is 41.5 Å². The van der Waals surface area contributed by atoms with E-state index in [2.05, 4.69) is 49.1 Å². The van der Waals surface area contributed by atoms with E-state index in [1.165, 1.54) is 22.5 Å². The second-order valence-electron chi connectivity index (χ2n) is 4.97. The fraction of sp³-hybridized carbons (Fsp3) is 0.400. The summed E-state index contributed by atoms with van der Waals surface area (Å²) in [6, 6.07) is 11.3. The molecule has 2 heterocycles. The molecule has 1 atom stereocenters. The molecule has 88 valence electrons. The zero-order chi connectivity index (χ0) is 11.8. The summed E-state index contributed by atoms with van der Waals surface area (Å²) in [7, 11) is 0. The lowest BCUT2D eigenvalue weighted by molar-refractivity contribution is 0.351. The smallest absolute Gasteiger partial charge is 0.131 e. The molecule has 0 amide bonds. The molecular weight excluding hydrogens is 208 g/mol. The van der Waals surface area contributed by atoms with Crippen molar-refractivity contribution in [2.24, 2.45) is 4.99 Å². The van der Waals surface area contributed by atoms with Gasteiger partial charge < -0.3 is 4.90 Å². The van der Waals surface area contributed by atoms with Gasteiger partial charge in [0.25, 0.3) is 0 Å². The summed E-state index contributed by atoms with van der Waals surface area (Å²) < 4.78 is 0. The lowest BCUT2D eigenvalue weighted by atomic mass is 9.91. The van der Waals surface area contributed by atoms with Crippen molar-refractivity contribution in [2.75, 3.05) is 13.1 Å². The Morgan fingerprint density at radius 3 is 2.76 bits per heavy atom. The Bertz CT molecular complexity index is 485. The molecule has 0 saturated heterocycles. The van der Waals surface area contributed by atoms with E-state index in [1.807, 2.05) is 0 Å². The van der Waals surface area contributed by atoms with Gasteiger partial charge in [-0.15, -0.1) is 0 Å². The molecule has 0 bridgehead atoms. The monoisotopic (exact) mass is 226 g/mol. The summed E-state index contributed by atoms with van der Waals surface area (Å²) >= 11 is 0. The standard InChI is InChI=1S/C15H18N2/c1-11-10-12(2)17-9-8-16-15(17)14(11)13-6-4-3-5-7-13/h3-7,12H,8-10H2,1-2H3. The molecule has 1 aromatic carbocycles. The molecule has 2 nitrogen and oxygen atoms in total. The molecule has 3 rings (SSSR count). The van der Waals surface area contributed by atoms with Crippen LogP contribution in [0.5, 0.6) is 0 Å². The van der Waals surface area contributed by atoms with Gasteiger partial charge in [0.05, 0.1) is 6.54 Å². The maximum Gasteiger partial charge on any atom is 0.131 e. The van der Waals surface area contributed by atoms with Crippen LogP contribution in [0.15, 0.2) is 40.9 Å². The first-order valence-electron chi connectivity index (χ1n) is 6.34. The van der Waals surface area contributed by atoms with Crippen molar-refractivity contribution >= 4 is 11.4 Å². The van der Waals surface area contributed by atoms with Gasteiger partial charge in [-0.3, -0.25) is 4.99 Å². The van der Waals surface area contributed by atoms with Crippen molar-refractivity contribution in [2.45, 2.75) is 26.3 Å². The molecule has 1 unspecified atom stereocenters. The Labute approximate surface area is 103 Å². The van der Waals surface area contributed by atoms with Gasteiger partial charge in [0.2, 0.25) is 0 Å². The third kappa shape index (κ3) is 1.68. The minimum Gasteiger partial charge on any atom is -0.352 e. The largest absolute Gasteiger partial charge is 0.352 e. The number of rotatable bonds is 1. The summed E-state index contributed by atoms with van der Waals surface area (Å²) in [5.74, 6) is 1.22. The Morgan fingerprint density at radius 1 is 1.24 bits per heavy atom. The molecule has 2 aliphatic rings. The highest BCUT2D eigenvalue weighted by Crippen LogP contribution is 2.33. The van der Waals surface area contributed by atoms with Crippen molar-refractivity contribution < 1.29 is 0 Å². The lowest BCUT2D eigenvalue weighted by Gasteiger charge is -2.35. The number of nitrogens with zero attached hydrogens (tertiary/aromatic N) is 2. The van der Waals surface area contributed by atoms with Crippen LogP contribution in [0.2, 0.25) is 0 Å². The summed E-state index contributed by atoms with van der Waals surface area (Å²) in [5, 5.41) is 0. The zero-order valence-corrected chi connectivity index (χ0v) is 10.5. The number of amidine groups is 1. The minimum atomic E-state index is 0.601. The zero-order valence-electron chi connectivity index (χ0n) is 10.5. The van der Waals surface area contributed by atoms with Crippen LogP contribution in [-0.2, 0) is 0 Å². The van der Waals surface area contributed by atoms with Crippen molar-refractivity contribution in [1.82, 2.24) is 4.90 Å². The Morgan fingerprint density at radius 2 is 2.00 bits per heavy atom. The van der Waals surface area contributed by atoms with Gasteiger partial charge in [-0.1, -0.05) is 35.9 Å². The Balaban J connectivity index is 2.11. The number of hydrogen-bond acceptors (Lipinski definition) is 2. The second-order valence-corrected chi connectivity index (χ2v) is 4.97. The van der Waals surface area contributed by atoms with Gasteiger partial charge >= 0.3 is 0 Å². The average molecular weight is 226 g/mol. The van der Waals surface area contributed by atoms with Crippen LogP contribution in [0.3, 0.4) is 0 Å². The first-order valence-corrected chi connectivity index (χ1v) is 6.34. The number of hydrogen-bond donors (Lipinski definition) is 0. The summed E-state index contributed by atoms with van der Waals surface area (Å²) in [4.78, 5) is 7.15. The first-order chi connectivity index (χ1) is 8.27. The van der Waals surface area contributed by atoms with Crippen LogP contribution < -0.4 is 0 Å². The second kappa shape index (κ2) is 4.02. The lowest BCUT2D eigenvalue weighted by Crippen LogP contribution is -2.40. The SMILES string of the molecule is CC1=C(c2ccccc2)C2=NCCN2C(C)C1. The maximum absolute atomic E-state index is 4.70. The molecule has 0 aliphatic carbocycles. The van der Waals surface area contributed by atoms with E-state index >= 15 is 0 Å². The van der Waals surface area contributed by atoms with Crippen molar-refractivity contribution in [1.29, 1.82) is 0 Å². The van der Waals surface area contributed by atoms with E-state index in [-0.39, 0.29) is 0 Å². The van der Waals surface area contributed by atoms with Gasteiger partial charge in [0, 0.05) is 18.2 Å². The highest BCUT2D eigenvalue weighted by atomic mass is 15.3.